The number of aryl methyl sites for hydroxylation is 1. The molecule has 2 aliphatic rings. The quantitative estimate of drug-likeness (QED) is 0.804. The van der Waals surface area contributed by atoms with Crippen LogP contribution in [0, 0.1) is 11.8 Å². The summed E-state index contributed by atoms with van der Waals surface area (Å²) in [6.45, 7) is -0.546. The number of hydrogen-bond acceptors (Lipinski definition) is 4. The molecule has 1 aromatic rings. The highest BCUT2D eigenvalue weighted by molar-refractivity contribution is 5.92. The van der Waals surface area contributed by atoms with Crippen LogP contribution in [0.2, 0.25) is 0 Å². The van der Waals surface area contributed by atoms with Gasteiger partial charge in [-0.25, -0.2) is 0 Å². The smallest absolute Gasteiger partial charge is 0.345 e. The lowest BCUT2D eigenvalue weighted by molar-refractivity contribution is -0.175. The number of hydrogen-bond donors (Lipinski definition) is 1. The van der Waals surface area contributed by atoms with Crippen LogP contribution in [0.15, 0.2) is 6.20 Å². The Labute approximate surface area is 155 Å². The average Bonchev–Trinajstić information content (AvgIpc) is 3.12. The lowest BCUT2D eigenvalue weighted by Gasteiger charge is -2.22. The molecule has 1 N–H and O–H groups in total. The number of likely N-dealkylation sites (tertiary alicyclic amines) is 1. The van der Waals surface area contributed by atoms with Crippen molar-refractivity contribution in [1.29, 1.82) is 0 Å². The van der Waals surface area contributed by atoms with Crippen LogP contribution >= 0.6 is 0 Å². The molecule has 150 valence electrons. The Bertz CT molecular complexity index is 682. The molecule has 0 radical (unpaired) electrons. The summed E-state index contributed by atoms with van der Waals surface area (Å²) < 4.78 is 40.5. The molecular formula is C17H24F3N5O2. The summed E-state index contributed by atoms with van der Waals surface area (Å²) >= 11 is 0. The lowest BCUT2D eigenvalue weighted by atomic mass is 9.99. The zero-order valence-electron chi connectivity index (χ0n) is 15.2. The van der Waals surface area contributed by atoms with E-state index in [0.29, 0.717) is 0 Å². The summed E-state index contributed by atoms with van der Waals surface area (Å²) in [5, 5.41) is 9.96. The number of nitrogens with zero attached hydrogens (tertiary/aromatic N) is 4. The van der Waals surface area contributed by atoms with E-state index in [9.17, 15) is 22.8 Å². The molecule has 0 spiro atoms. The number of halogens is 3. The SMILES string of the molecule is Cn1ncc(C(=O)N[C@@H]2CN(C(=O)C3CCCCCC3)C[C@H]2C(F)(F)F)n1. The van der Waals surface area contributed by atoms with Crippen molar-refractivity contribution >= 4 is 11.8 Å². The minimum Gasteiger partial charge on any atom is -0.345 e. The molecular weight excluding hydrogens is 363 g/mol. The van der Waals surface area contributed by atoms with Gasteiger partial charge in [0.2, 0.25) is 5.91 Å². The minimum atomic E-state index is -4.50. The summed E-state index contributed by atoms with van der Waals surface area (Å²) in [4.78, 5) is 27.4. The van der Waals surface area contributed by atoms with Gasteiger partial charge in [-0.1, -0.05) is 25.7 Å². The van der Waals surface area contributed by atoms with Crippen LogP contribution < -0.4 is 5.32 Å². The van der Waals surface area contributed by atoms with Crippen LogP contribution in [-0.4, -0.2) is 57.0 Å². The molecule has 1 aliphatic carbocycles. The minimum absolute atomic E-state index is 0.0491. The molecule has 0 aromatic carbocycles. The molecule has 0 unspecified atom stereocenters. The van der Waals surface area contributed by atoms with Crippen molar-refractivity contribution in [2.75, 3.05) is 13.1 Å². The maximum atomic E-state index is 13.5. The largest absolute Gasteiger partial charge is 0.395 e. The van der Waals surface area contributed by atoms with Gasteiger partial charge in [0.05, 0.1) is 18.2 Å². The molecule has 1 saturated carbocycles. The average molecular weight is 387 g/mol. The molecule has 3 rings (SSSR count). The van der Waals surface area contributed by atoms with Crippen LogP contribution in [-0.2, 0) is 11.8 Å². The van der Waals surface area contributed by atoms with Crippen molar-refractivity contribution in [2.45, 2.75) is 50.7 Å². The van der Waals surface area contributed by atoms with Gasteiger partial charge < -0.3 is 10.2 Å². The molecule has 7 nitrogen and oxygen atoms in total. The zero-order chi connectivity index (χ0) is 19.6. The molecule has 2 fully saturated rings. The van der Waals surface area contributed by atoms with Gasteiger partial charge in [0, 0.05) is 26.1 Å². The van der Waals surface area contributed by atoms with E-state index >= 15 is 0 Å². The van der Waals surface area contributed by atoms with Crippen molar-refractivity contribution in [3.05, 3.63) is 11.9 Å². The van der Waals surface area contributed by atoms with Crippen molar-refractivity contribution in [1.82, 2.24) is 25.2 Å². The monoisotopic (exact) mass is 387 g/mol. The van der Waals surface area contributed by atoms with Crippen molar-refractivity contribution < 1.29 is 22.8 Å². The second kappa shape index (κ2) is 7.85. The van der Waals surface area contributed by atoms with Crippen LogP contribution in [0.5, 0.6) is 0 Å². The van der Waals surface area contributed by atoms with Crippen molar-refractivity contribution in [2.24, 2.45) is 18.9 Å². The normalized spacial score (nSPS) is 24.7. The third-order valence-corrected chi connectivity index (χ3v) is 5.41. The summed E-state index contributed by atoms with van der Waals surface area (Å²) in [5.74, 6) is -2.93. The van der Waals surface area contributed by atoms with E-state index in [-0.39, 0.29) is 24.1 Å². The van der Waals surface area contributed by atoms with E-state index in [2.05, 4.69) is 15.5 Å². The number of amides is 2. The predicted octanol–water partition coefficient (Wildman–Crippen LogP) is 1.90. The summed E-state index contributed by atoms with van der Waals surface area (Å²) in [6.07, 6.45) is 2.13. The van der Waals surface area contributed by atoms with E-state index in [4.69, 9.17) is 0 Å². The van der Waals surface area contributed by atoms with Crippen molar-refractivity contribution in [3.63, 3.8) is 0 Å². The number of aromatic nitrogens is 3. The summed E-state index contributed by atoms with van der Waals surface area (Å²) in [5.41, 5.74) is -0.0491. The summed E-state index contributed by atoms with van der Waals surface area (Å²) in [7, 11) is 1.51. The Hall–Kier alpha value is -2.13. The van der Waals surface area contributed by atoms with Gasteiger partial charge >= 0.3 is 6.18 Å². The second-order valence-electron chi connectivity index (χ2n) is 7.38. The van der Waals surface area contributed by atoms with Gasteiger partial charge in [-0.15, -0.1) is 5.10 Å². The van der Waals surface area contributed by atoms with E-state index in [1.165, 1.54) is 18.1 Å². The van der Waals surface area contributed by atoms with Gasteiger partial charge in [-0.05, 0) is 12.8 Å². The maximum absolute atomic E-state index is 13.5. The molecule has 27 heavy (non-hydrogen) atoms. The molecule has 1 saturated heterocycles. The molecule has 0 bridgehead atoms. The topological polar surface area (TPSA) is 80.1 Å². The van der Waals surface area contributed by atoms with E-state index in [1.54, 1.807) is 0 Å². The predicted molar refractivity (Wildman–Crippen MR) is 89.6 cm³/mol. The first-order valence-corrected chi connectivity index (χ1v) is 9.28. The molecule has 2 heterocycles. The highest BCUT2D eigenvalue weighted by atomic mass is 19.4. The first-order valence-electron chi connectivity index (χ1n) is 9.28. The van der Waals surface area contributed by atoms with Crippen LogP contribution in [0.3, 0.4) is 0 Å². The number of alkyl halides is 3. The fourth-order valence-electron chi connectivity index (χ4n) is 3.94. The molecule has 1 aliphatic heterocycles. The Morgan fingerprint density at radius 3 is 2.37 bits per heavy atom. The third kappa shape index (κ3) is 4.59. The van der Waals surface area contributed by atoms with E-state index in [1.807, 2.05) is 0 Å². The number of carbonyl (C=O) groups is 2. The number of carbonyl (C=O) groups excluding carboxylic acids is 2. The molecule has 1 aromatic heterocycles. The van der Waals surface area contributed by atoms with Gasteiger partial charge in [0.25, 0.3) is 5.91 Å². The zero-order valence-corrected chi connectivity index (χ0v) is 15.2. The van der Waals surface area contributed by atoms with E-state index in [0.717, 1.165) is 43.3 Å². The fourth-order valence-corrected chi connectivity index (χ4v) is 3.94. The first-order chi connectivity index (χ1) is 12.8. The van der Waals surface area contributed by atoms with Crippen LogP contribution in [0.25, 0.3) is 0 Å². The van der Waals surface area contributed by atoms with Crippen LogP contribution in [0.1, 0.15) is 49.0 Å². The summed E-state index contributed by atoms with van der Waals surface area (Å²) in [6, 6.07) is -1.19. The Morgan fingerprint density at radius 1 is 1.15 bits per heavy atom. The van der Waals surface area contributed by atoms with E-state index < -0.39 is 30.6 Å². The number of rotatable bonds is 3. The molecule has 2 amide bonds. The fraction of sp³-hybridized carbons (Fsp3) is 0.765. The third-order valence-electron chi connectivity index (χ3n) is 5.41. The highest BCUT2D eigenvalue weighted by Gasteiger charge is 2.51. The Balaban J connectivity index is 1.70. The number of nitrogens with one attached hydrogen (secondary N) is 1. The highest BCUT2D eigenvalue weighted by Crippen LogP contribution is 2.35. The van der Waals surface area contributed by atoms with Gasteiger partial charge in [-0.3, -0.25) is 9.59 Å². The maximum Gasteiger partial charge on any atom is 0.395 e. The van der Waals surface area contributed by atoms with Crippen LogP contribution in [0.4, 0.5) is 13.2 Å². The van der Waals surface area contributed by atoms with Gasteiger partial charge in [0.1, 0.15) is 0 Å². The second-order valence-corrected chi connectivity index (χ2v) is 7.38. The molecule has 10 heteroatoms. The Morgan fingerprint density at radius 2 is 1.81 bits per heavy atom. The standard InChI is InChI=1S/C17H24F3N5O2/c1-24-21-8-13(23-24)15(26)22-14-10-25(9-12(14)17(18,19)20)16(27)11-6-4-2-3-5-7-11/h8,11-12,14H,2-7,9-10H2,1H3,(H,22,26)/t12-,14-/m1/s1. The van der Waals surface area contributed by atoms with Gasteiger partial charge in [-0.2, -0.15) is 23.1 Å². The molecule has 2 atom stereocenters. The van der Waals surface area contributed by atoms with Gasteiger partial charge in [0.15, 0.2) is 5.69 Å². The van der Waals surface area contributed by atoms with Crippen molar-refractivity contribution in [3.8, 4) is 0 Å². The Kier molecular flexibility index (Phi) is 5.71. The first kappa shape index (κ1) is 19.6. The lowest BCUT2D eigenvalue weighted by Crippen LogP contribution is -2.45.